The Kier molecular flexibility index (Phi) is 6.37. The van der Waals surface area contributed by atoms with E-state index in [1.54, 1.807) is 6.20 Å². The molecule has 0 bridgehead atoms. The Labute approximate surface area is 188 Å². The van der Waals surface area contributed by atoms with Gasteiger partial charge in [-0.2, -0.15) is 5.10 Å². The zero-order chi connectivity index (χ0) is 22.7. The number of amides is 1. The maximum Gasteiger partial charge on any atom is 0.272 e. The monoisotopic (exact) mass is 434 g/mol. The normalized spacial score (nSPS) is 19.0. The summed E-state index contributed by atoms with van der Waals surface area (Å²) in [4.78, 5) is 30.6. The summed E-state index contributed by atoms with van der Waals surface area (Å²) < 4.78 is 6.07. The van der Waals surface area contributed by atoms with Crippen LogP contribution in [0.25, 0.3) is 0 Å². The lowest BCUT2D eigenvalue weighted by atomic mass is 9.93. The Morgan fingerprint density at radius 1 is 1.22 bits per heavy atom. The molecule has 2 aromatic rings. The highest BCUT2D eigenvalue weighted by Crippen LogP contribution is 2.24. The van der Waals surface area contributed by atoms with Gasteiger partial charge in [0.05, 0.1) is 17.4 Å². The van der Waals surface area contributed by atoms with Crippen LogP contribution in [0, 0.1) is 0 Å². The van der Waals surface area contributed by atoms with E-state index in [4.69, 9.17) is 4.74 Å². The molecule has 3 heterocycles. The van der Waals surface area contributed by atoms with Crippen molar-refractivity contribution < 1.29 is 14.3 Å². The number of nitrogens with zero attached hydrogens (tertiary/aromatic N) is 3. The molecule has 2 aliphatic rings. The van der Waals surface area contributed by atoms with E-state index in [9.17, 15) is 9.59 Å². The number of likely N-dealkylation sites (tertiary alicyclic amines) is 1. The minimum Gasteiger partial charge on any atom is -0.372 e. The van der Waals surface area contributed by atoms with Crippen LogP contribution >= 0.6 is 0 Å². The van der Waals surface area contributed by atoms with Crippen LogP contribution in [-0.2, 0) is 16.0 Å². The Hall–Kier alpha value is -3.06. The lowest BCUT2D eigenvalue weighted by Crippen LogP contribution is -2.43. The number of hydrazone groups is 1. The molecule has 0 aliphatic carbocycles. The third kappa shape index (κ3) is 5.05. The number of piperidine rings is 1. The smallest absolute Gasteiger partial charge is 0.272 e. The van der Waals surface area contributed by atoms with E-state index in [1.165, 1.54) is 0 Å². The summed E-state index contributed by atoms with van der Waals surface area (Å²) >= 11 is 0. The molecular formula is C25H30N4O3. The predicted octanol–water partition coefficient (Wildman–Crippen LogP) is 3.29. The van der Waals surface area contributed by atoms with Crippen LogP contribution in [0.2, 0.25) is 0 Å². The highest BCUT2D eigenvalue weighted by atomic mass is 16.5. The van der Waals surface area contributed by atoms with Gasteiger partial charge in [-0.15, -0.1) is 0 Å². The molecule has 1 aromatic carbocycles. The third-order valence-electron chi connectivity index (χ3n) is 5.75. The van der Waals surface area contributed by atoms with Crippen LogP contribution in [0.3, 0.4) is 0 Å². The minimum atomic E-state index is -0.435. The number of carbonyl (C=O) groups is 2. The number of ether oxygens (including phenoxy) is 1. The van der Waals surface area contributed by atoms with Gasteiger partial charge in [0.1, 0.15) is 18.0 Å². The van der Waals surface area contributed by atoms with Gasteiger partial charge >= 0.3 is 0 Å². The molecule has 7 heteroatoms. The number of benzene rings is 1. The first-order valence-electron chi connectivity index (χ1n) is 11.1. The van der Waals surface area contributed by atoms with E-state index in [0.717, 1.165) is 41.5 Å². The molecule has 0 saturated carbocycles. The fraction of sp³-hybridized carbons (Fsp3) is 0.440. The number of fused-ring (bicyclic) bond motifs is 1. The van der Waals surface area contributed by atoms with E-state index in [0.29, 0.717) is 25.2 Å². The Morgan fingerprint density at radius 2 is 1.97 bits per heavy atom. The number of hydrogen-bond donors (Lipinski definition) is 1. The number of nitrogens with one attached hydrogen (secondary N) is 1. The zero-order valence-corrected chi connectivity index (χ0v) is 18.9. The predicted molar refractivity (Wildman–Crippen MR) is 123 cm³/mol. The molecule has 32 heavy (non-hydrogen) atoms. The van der Waals surface area contributed by atoms with Crippen LogP contribution < -0.4 is 5.43 Å². The maximum absolute atomic E-state index is 13.1. The van der Waals surface area contributed by atoms with Gasteiger partial charge in [-0.25, -0.2) is 0 Å². The zero-order valence-electron chi connectivity index (χ0n) is 18.9. The van der Waals surface area contributed by atoms with E-state index < -0.39 is 6.04 Å². The lowest BCUT2D eigenvalue weighted by Gasteiger charge is -2.35. The SMILES string of the molecule is CC(C)(C)OC1CCN(C(=O)c2cc(CC3=NNC(C=O)c4ccccc43)ccn2)CC1. The van der Waals surface area contributed by atoms with Crippen LogP contribution in [-0.4, -0.2) is 52.6 Å². The standard InChI is InChI=1S/C25H30N4O3/c1-25(2,3)32-18-9-12-29(13-10-18)24(31)22-15-17(8-11-26-22)14-21-19-6-4-5-7-20(19)23(16-30)28-27-21/h4-8,11,15-16,18,23,28H,9-10,12-14H2,1-3H3. The van der Waals surface area contributed by atoms with Gasteiger partial charge in [-0.1, -0.05) is 24.3 Å². The quantitative estimate of drug-likeness (QED) is 0.730. The molecule has 1 saturated heterocycles. The van der Waals surface area contributed by atoms with Gasteiger partial charge in [0, 0.05) is 31.3 Å². The van der Waals surface area contributed by atoms with Crippen molar-refractivity contribution in [2.75, 3.05) is 13.1 Å². The highest BCUT2D eigenvalue weighted by molar-refractivity contribution is 6.04. The van der Waals surface area contributed by atoms with Gasteiger partial charge in [0.2, 0.25) is 0 Å². The van der Waals surface area contributed by atoms with Crippen molar-refractivity contribution in [1.82, 2.24) is 15.3 Å². The Balaban J connectivity index is 1.44. The van der Waals surface area contributed by atoms with Crippen molar-refractivity contribution in [3.05, 3.63) is 65.0 Å². The molecule has 2 aliphatic heterocycles. The number of carbonyl (C=O) groups excluding carboxylic acids is 2. The first kappa shape index (κ1) is 22.1. The summed E-state index contributed by atoms with van der Waals surface area (Å²) in [5.74, 6) is -0.0498. The molecule has 1 N–H and O–H groups in total. The molecule has 168 valence electrons. The summed E-state index contributed by atoms with van der Waals surface area (Å²) in [6.45, 7) is 7.52. The lowest BCUT2D eigenvalue weighted by molar-refractivity contribution is -0.109. The van der Waals surface area contributed by atoms with E-state index in [1.807, 2.05) is 41.3 Å². The second kappa shape index (κ2) is 9.20. The first-order chi connectivity index (χ1) is 15.3. The maximum atomic E-state index is 13.1. The molecular weight excluding hydrogens is 404 g/mol. The first-order valence-corrected chi connectivity index (χ1v) is 11.1. The molecule has 1 amide bonds. The average Bonchev–Trinajstić information content (AvgIpc) is 2.78. The summed E-state index contributed by atoms with van der Waals surface area (Å²) in [6.07, 6.45) is 4.93. The van der Waals surface area contributed by atoms with E-state index >= 15 is 0 Å². The number of aldehydes is 1. The third-order valence-corrected chi connectivity index (χ3v) is 5.75. The number of pyridine rings is 1. The second-order valence-electron chi connectivity index (χ2n) is 9.34. The van der Waals surface area contributed by atoms with Gasteiger partial charge in [-0.05, 0) is 56.9 Å². The van der Waals surface area contributed by atoms with Crippen molar-refractivity contribution in [1.29, 1.82) is 0 Å². The van der Waals surface area contributed by atoms with Crippen LogP contribution in [0.5, 0.6) is 0 Å². The summed E-state index contributed by atoms with van der Waals surface area (Å²) in [5, 5.41) is 4.43. The number of rotatable bonds is 5. The summed E-state index contributed by atoms with van der Waals surface area (Å²) in [6, 6.07) is 11.1. The van der Waals surface area contributed by atoms with Crippen LogP contribution in [0.4, 0.5) is 0 Å². The van der Waals surface area contributed by atoms with Crippen LogP contribution in [0.15, 0.2) is 47.7 Å². The van der Waals surface area contributed by atoms with E-state index in [2.05, 4.69) is 36.3 Å². The molecule has 0 radical (unpaired) electrons. The fourth-order valence-corrected chi connectivity index (χ4v) is 4.28. The summed E-state index contributed by atoms with van der Waals surface area (Å²) in [5.41, 5.74) is 6.85. The second-order valence-corrected chi connectivity index (χ2v) is 9.34. The summed E-state index contributed by atoms with van der Waals surface area (Å²) in [7, 11) is 0. The van der Waals surface area contributed by atoms with Gasteiger partial charge < -0.3 is 14.4 Å². The Morgan fingerprint density at radius 3 is 2.69 bits per heavy atom. The van der Waals surface area contributed by atoms with Crippen molar-refractivity contribution >= 4 is 17.9 Å². The Bertz CT molecular complexity index is 1020. The van der Waals surface area contributed by atoms with Crippen molar-refractivity contribution in [2.45, 2.75) is 57.8 Å². The largest absolute Gasteiger partial charge is 0.372 e. The van der Waals surface area contributed by atoms with Gasteiger partial charge in [-0.3, -0.25) is 15.2 Å². The number of hydrogen-bond acceptors (Lipinski definition) is 6. The fourth-order valence-electron chi connectivity index (χ4n) is 4.28. The molecule has 0 spiro atoms. The van der Waals surface area contributed by atoms with Gasteiger partial charge in [0.25, 0.3) is 5.91 Å². The average molecular weight is 435 g/mol. The molecule has 1 unspecified atom stereocenters. The molecule has 1 aromatic heterocycles. The molecule has 4 rings (SSSR count). The van der Waals surface area contributed by atoms with Crippen molar-refractivity contribution in [3.8, 4) is 0 Å². The van der Waals surface area contributed by atoms with Gasteiger partial charge in [0.15, 0.2) is 0 Å². The van der Waals surface area contributed by atoms with Crippen molar-refractivity contribution in [3.63, 3.8) is 0 Å². The van der Waals surface area contributed by atoms with Crippen molar-refractivity contribution in [2.24, 2.45) is 5.10 Å². The minimum absolute atomic E-state index is 0.0498. The molecule has 1 atom stereocenters. The number of aromatic nitrogens is 1. The van der Waals surface area contributed by atoms with Crippen LogP contribution in [0.1, 0.15) is 66.8 Å². The molecule has 1 fully saturated rings. The van der Waals surface area contributed by atoms with E-state index in [-0.39, 0.29) is 17.6 Å². The molecule has 7 nitrogen and oxygen atoms in total. The highest BCUT2D eigenvalue weighted by Gasteiger charge is 2.28. The topological polar surface area (TPSA) is 83.9 Å².